The smallest absolute Gasteiger partial charge is 0.262 e. The minimum atomic E-state index is -0.545. The Kier molecular flexibility index (Phi) is 3.39. The molecule has 2 aromatic rings. The third-order valence-corrected chi connectivity index (χ3v) is 3.93. The number of amides is 1. The number of aryl methyl sites for hydroxylation is 1. The van der Waals surface area contributed by atoms with Gasteiger partial charge in [-0.2, -0.15) is 0 Å². The van der Waals surface area contributed by atoms with Gasteiger partial charge in [0.25, 0.3) is 5.91 Å². The van der Waals surface area contributed by atoms with Crippen LogP contribution in [0.4, 0.5) is 5.69 Å². The van der Waals surface area contributed by atoms with Crippen LogP contribution in [0.1, 0.15) is 34.0 Å². The minimum Gasteiger partial charge on any atom is -0.507 e. The molecule has 2 aromatic carbocycles. The number of hydrogen-bond acceptors (Lipinski definition) is 3. The number of aliphatic hydroxyl groups excluding tert-OH is 1. The van der Waals surface area contributed by atoms with Crippen molar-refractivity contribution in [3.63, 3.8) is 0 Å². The van der Waals surface area contributed by atoms with Gasteiger partial charge in [0.1, 0.15) is 5.75 Å². The number of aliphatic hydroxyl groups is 1. The number of carbonyl (C=O) groups excluding carboxylic acids is 1. The molecule has 0 saturated heterocycles. The van der Waals surface area contributed by atoms with Crippen molar-refractivity contribution >= 4 is 11.6 Å². The first-order valence-corrected chi connectivity index (χ1v) is 6.97. The Morgan fingerprint density at radius 2 is 1.95 bits per heavy atom. The normalized spacial score (nSPS) is 17.4. The van der Waals surface area contributed by atoms with E-state index in [1.54, 1.807) is 30.0 Å². The van der Waals surface area contributed by atoms with Gasteiger partial charge in [-0.1, -0.05) is 30.3 Å². The molecule has 4 heteroatoms. The van der Waals surface area contributed by atoms with Crippen molar-refractivity contribution < 1.29 is 15.0 Å². The van der Waals surface area contributed by atoms with E-state index in [0.717, 1.165) is 5.56 Å². The summed E-state index contributed by atoms with van der Waals surface area (Å²) in [6, 6.07) is 12.5. The van der Waals surface area contributed by atoms with Crippen molar-refractivity contribution in [2.75, 3.05) is 11.4 Å². The number of rotatable bonds is 1. The lowest BCUT2D eigenvalue weighted by atomic mass is 9.97. The average molecular weight is 283 g/mol. The van der Waals surface area contributed by atoms with Gasteiger partial charge < -0.3 is 15.1 Å². The topological polar surface area (TPSA) is 60.8 Å². The Morgan fingerprint density at radius 3 is 2.76 bits per heavy atom. The average Bonchev–Trinajstić information content (AvgIpc) is 2.50. The van der Waals surface area contributed by atoms with Crippen LogP contribution < -0.4 is 4.90 Å². The lowest BCUT2D eigenvalue weighted by molar-refractivity contribution is 0.0968. The molecule has 108 valence electrons. The summed E-state index contributed by atoms with van der Waals surface area (Å²) in [5.41, 5.74) is 2.43. The lowest BCUT2D eigenvalue weighted by Crippen LogP contribution is -2.36. The molecule has 0 radical (unpaired) electrons. The van der Waals surface area contributed by atoms with E-state index in [9.17, 15) is 15.0 Å². The highest BCUT2D eigenvalue weighted by atomic mass is 16.3. The van der Waals surface area contributed by atoms with Crippen LogP contribution in [-0.4, -0.2) is 22.7 Å². The van der Waals surface area contributed by atoms with Crippen LogP contribution in [-0.2, 0) is 0 Å². The molecule has 3 rings (SSSR count). The molecule has 1 aliphatic rings. The highest BCUT2D eigenvalue weighted by molar-refractivity contribution is 6.08. The molecule has 0 saturated carbocycles. The fourth-order valence-corrected chi connectivity index (χ4v) is 2.73. The van der Waals surface area contributed by atoms with Crippen LogP contribution in [0.25, 0.3) is 0 Å². The van der Waals surface area contributed by atoms with Crippen molar-refractivity contribution in [3.05, 3.63) is 59.2 Å². The van der Waals surface area contributed by atoms with E-state index in [2.05, 4.69) is 0 Å². The molecule has 1 aliphatic heterocycles. The van der Waals surface area contributed by atoms with Gasteiger partial charge >= 0.3 is 0 Å². The second kappa shape index (κ2) is 5.22. The van der Waals surface area contributed by atoms with Crippen LogP contribution in [0.5, 0.6) is 5.75 Å². The summed E-state index contributed by atoms with van der Waals surface area (Å²) in [7, 11) is 0. The highest BCUT2D eigenvalue weighted by Gasteiger charge is 2.29. The Hall–Kier alpha value is -2.33. The van der Waals surface area contributed by atoms with Crippen molar-refractivity contribution in [2.45, 2.75) is 19.4 Å². The molecule has 2 N–H and O–H groups in total. The first-order valence-electron chi connectivity index (χ1n) is 6.97. The molecular formula is C17H17NO3. The molecule has 1 amide bonds. The first kappa shape index (κ1) is 13.6. The number of benzene rings is 2. The maximum atomic E-state index is 12.7. The number of nitrogens with zero attached hydrogens (tertiary/aromatic N) is 1. The van der Waals surface area contributed by atoms with Crippen LogP contribution >= 0.6 is 0 Å². The van der Waals surface area contributed by atoms with E-state index in [0.29, 0.717) is 29.8 Å². The van der Waals surface area contributed by atoms with Gasteiger partial charge in [-0.25, -0.2) is 0 Å². The number of carbonyl (C=O) groups is 1. The molecule has 21 heavy (non-hydrogen) atoms. The van der Waals surface area contributed by atoms with Crippen LogP contribution in [0.3, 0.4) is 0 Å². The standard InChI is InChI=1S/C17H17NO3/c1-11-5-4-7-13(16(11)20)17(21)18-10-9-15(19)12-6-2-3-8-14(12)18/h2-8,15,19-20H,9-10H2,1H3. The van der Waals surface area contributed by atoms with Crippen molar-refractivity contribution in [1.29, 1.82) is 0 Å². The van der Waals surface area contributed by atoms with Crippen LogP contribution in [0, 0.1) is 6.92 Å². The fourth-order valence-electron chi connectivity index (χ4n) is 2.73. The van der Waals surface area contributed by atoms with Gasteiger partial charge in [-0.3, -0.25) is 4.79 Å². The molecule has 1 atom stereocenters. The van der Waals surface area contributed by atoms with E-state index in [1.165, 1.54) is 0 Å². The zero-order valence-corrected chi connectivity index (χ0v) is 11.8. The molecule has 0 bridgehead atoms. The lowest BCUT2D eigenvalue weighted by Gasteiger charge is -2.32. The predicted octanol–water partition coefficient (Wildman–Crippen LogP) is 2.78. The van der Waals surface area contributed by atoms with E-state index in [4.69, 9.17) is 0 Å². The summed E-state index contributed by atoms with van der Waals surface area (Å²) in [5, 5.41) is 20.1. The number of hydrogen-bond donors (Lipinski definition) is 2. The number of aromatic hydroxyl groups is 1. The Labute approximate surface area is 123 Å². The van der Waals surface area contributed by atoms with Gasteiger partial charge in [0.15, 0.2) is 0 Å². The molecule has 0 fully saturated rings. The summed E-state index contributed by atoms with van der Waals surface area (Å²) >= 11 is 0. The minimum absolute atomic E-state index is 0.0195. The number of fused-ring (bicyclic) bond motifs is 1. The van der Waals surface area contributed by atoms with E-state index >= 15 is 0 Å². The van der Waals surface area contributed by atoms with Gasteiger partial charge in [-0.05, 0) is 31.0 Å². The summed E-state index contributed by atoms with van der Waals surface area (Å²) in [4.78, 5) is 14.3. The Morgan fingerprint density at radius 1 is 1.19 bits per heavy atom. The third-order valence-electron chi connectivity index (χ3n) is 3.93. The van der Waals surface area contributed by atoms with E-state index in [-0.39, 0.29) is 11.7 Å². The zero-order valence-electron chi connectivity index (χ0n) is 11.8. The maximum Gasteiger partial charge on any atom is 0.262 e. The van der Waals surface area contributed by atoms with E-state index in [1.807, 2.05) is 24.3 Å². The second-order valence-electron chi connectivity index (χ2n) is 5.29. The number of para-hydroxylation sites is 2. The maximum absolute atomic E-state index is 12.7. The molecule has 0 aliphatic carbocycles. The molecule has 4 nitrogen and oxygen atoms in total. The molecule has 1 heterocycles. The van der Waals surface area contributed by atoms with Crippen molar-refractivity contribution in [2.24, 2.45) is 0 Å². The largest absolute Gasteiger partial charge is 0.507 e. The number of phenols is 1. The van der Waals surface area contributed by atoms with Gasteiger partial charge in [0.05, 0.1) is 11.7 Å². The summed E-state index contributed by atoms with van der Waals surface area (Å²) in [5.74, 6) is -0.221. The van der Waals surface area contributed by atoms with Crippen LogP contribution in [0.2, 0.25) is 0 Å². The highest BCUT2D eigenvalue weighted by Crippen LogP contribution is 2.35. The Bertz CT molecular complexity index is 696. The second-order valence-corrected chi connectivity index (χ2v) is 5.29. The molecule has 0 spiro atoms. The number of anilines is 1. The molecular weight excluding hydrogens is 266 g/mol. The predicted molar refractivity (Wildman–Crippen MR) is 80.5 cm³/mol. The fraction of sp³-hybridized carbons (Fsp3) is 0.235. The van der Waals surface area contributed by atoms with Crippen molar-refractivity contribution in [3.8, 4) is 5.75 Å². The van der Waals surface area contributed by atoms with Crippen LogP contribution in [0.15, 0.2) is 42.5 Å². The number of phenolic OH excluding ortho intramolecular Hbond substituents is 1. The monoisotopic (exact) mass is 283 g/mol. The molecule has 1 unspecified atom stereocenters. The quantitative estimate of drug-likeness (QED) is 0.846. The van der Waals surface area contributed by atoms with Gasteiger partial charge in [0, 0.05) is 17.8 Å². The summed E-state index contributed by atoms with van der Waals surface area (Å²) < 4.78 is 0. The summed E-state index contributed by atoms with van der Waals surface area (Å²) in [6.07, 6.45) is -0.0497. The molecule has 0 aromatic heterocycles. The zero-order chi connectivity index (χ0) is 15.0. The van der Waals surface area contributed by atoms with Gasteiger partial charge in [0.2, 0.25) is 0 Å². The SMILES string of the molecule is Cc1cccc(C(=O)N2CCC(O)c3ccccc32)c1O. The van der Waals surface area contributed by atoms with Crippen molar-refractivity contribution in [1.82, 2.24) is 0 Å². The van der Waals surface area contributed by atoms with E-state index < -0.39 is 6.10 Å². The van der Waals surface area contributed by atoms with Gasteiger partial charge in [-0.15, -0.1) is 0 Å². The summed E-state index contributed by atoms with van der Waals surface area (Å²) in [6.45, 7) is 2.20. The third kappa shape index (κ3) is 2.28. The first-order chi connectivity index (χ1) is 10.1. The Balaban J connectivity index is 2.03.